The van der Waals surface area contributed by atoms with Gasteiger partial charge in [-0.05, 0) is 62.2 Å². The molecule has 0 saturated heterocycles. The van der Waals surface area contributed by atoms with E-state index >= 15 is 0 Å². The van der Waals surface area contributed by atoms with E-state index < -0.39 is 12.0 Å². The third-order valence-electron chi connectivity index (χ3n) is 6.26. The Hall–Kier alpha value is -4.51. The number of methoxy groups -OCH3 is 2. The molecule has 1 aliphatic rings. The summed E-state index contributed by atoms with van der Waals surface area (Å²) in [6, 6.07) is 7.66. The Labute approximate surface area is 241 Å². The van der Waals surface area contributed by atoms with Crippen LogP contribution >= 0.6 is 11.3 Å². The lowest BCUT2D eigenvalue weighted by Crippen LogP contribution is -2.40. The van der Waals surface area contributed by atoms with Crippen molar-refractivity contribution in [2.45, 2.75) is 26.8 Å². The lowest BCUT2D eigenvalue weighted by Gasteiger charge is -2.25. The molecule has 0 saturated carbocycles. The van der Waals surface area contributed by atoms with Gasteiger partial charge in [0.05, 0.1) is 49.3 Å². The highest BCUT2D eigenvalue weighted by molar-refractivity contribution is 7.07. The van der Waals surface area contributed by atoms with Gasteiger partial charge < -0.3 is 28.8 Å². The number of esters is 1. The predicted molar refractivity (Wildman–Crippen MR) is 155 cm³/mol. The fourth-order valence-electron chi connectivity index (χ4n) is 4.49. The fraction of sp³-hybridized carbons (Fsp3) is 0.300. The molecule has 0 radical (unpaired) electrons. The van der Waals surface area contributed by atoms with Gasteiger partial charge in [-0.1, -0.05) is 30.1 Å². The number of hydrogen-bond donors (Lipinski definition) is 1. The average Bonchev–Trinajstić information content (AvgIpc) is 3.26. The van der Waals surface area contributed by atoms with Gasteiger partial charge in [-0.3, -0.25) is 9.36 Å². The highest BCUT2D eigenvalue weighted by atomic mass is 32.1. The van der Waals surface area contributed by atoms with E-state index in [1.807, 2.05) is 6.92 Å². The molecular weight excluding hydrogens is 548 g/mol. The topological polar surface area (TPSA) is 118 Å². The molecule has 4 rings (SSSR count). The van der Waals surface area contributed by atoms with Crippen LogP contribution in [-0.2, 0) is 9.53 Å². The zero-order valence-corrected chi connectivity index (χ0v) is 24.4. The molecule has 1 atom stereocenters. The number of ether oxygens (including phenoxy) is 5. The first-order valence-corrected chi connectivity index (χ1v) is 13.7. The number of phenols is 1. The number of hydrogen-bond acceptors (Lipinski definition) is 10. The van der Waals surface area contributed by atoms with Crippen LogP contribution in [0.2, 0.25) is 0 Å². The highest BCUT2D eigenvalue weighted by Gasteiger charge is 2.34. The number of nitrogens with zero attached hydrogens (tertiary/aromatic N) is 2. The molecule has 3 aromatic rings. The summed E-state index contributed by atoms with van der Waals surface area (Å²) in [5.41, 5.74) is 1.53. The molecule has 0 spiro atoms. The summed E-state index contributed by atoms with van der Waals surface area (Å²) in [5, 5.41) is 10.3. The fourth-order valence-corrected chi connectivity index (χ4v) is 5.53. The van der Waals surface area contributed by atoms with Crippen LogP contribution in [0, 0.1) is 0 Å². The van der Waals surface area contributed by atoms with E-state index in [-0.39, 0.29) is 41.6 Å². The van der Waals surface area contributed by atoms with E-state index in [1.54, 1.807) is 56.3 Å². The maximum atomic E-state index is 14.0. The SMILES string of the molecule is C=CCOc1ccc(C2C(C(=O)OCC)=C(C)N=c3s/c(=C/c4cc(OC)c(O)c(OC)c4)c(=O)n32)cc1OCC. The summed E-state index contributed by atoms with van der Waals surface area (Å²) in [4.78, 5) is 32.2. The van der Waals surface area contributed by atoms with E-state index in [0.29, 0.717) is 44.3 Å². The van der Waals surface area contributed by atoms with Crippen molar-refractivity contribution >= 4 is 23.4 Å². The Morgan fingerprint density at radius 1 is 1.07 bits per heavy atom. The van der Waals surface area contributed by atoms with Crippen molar-refractivity contribution in [3.8, 4) is 28.7 Å². The van der Waals surface area contributed by atoms with Crippen molar-refractivity contribution in [2.75, 3.05) is 34.0 Å². The van der Waals surface area contributed by atoms with Gasteiger partial charge in [-0.2, -0.15) is 0 Å². The summed E-state index contributed by atoms with van der Waals surface area (Å²) in [6.45, 7) is 9.82. The lowest BCUT2D eigenvalue weighted by atomic mass is 9.95. The van der Waals surface area contributed by atoms with Crippen LogP contribution in [0.4, 0.5) is 0 Å². The quantitative estimate of drug-likeness (QED) is 0.271. The maximum absolute atomic E-state index is 14.0. The Kier molecular flexibility index (Phi) is 9.18. The van der Waals surface area contributed by atoms with Gasteiger partial charge in [0.1, 0.15) is 6.61 Å². The van der Waals surface area contributed by atoms with Crippen LogP contribution in [0.1, 0.15) is 37.9 Å². The lowest BCUT2D eigenvalue weighted by molar-refractivity contribution is -0.139. The van der Waals surface area contributed by atoms with E-state index in [9.17, 15) is 14.7 Å². The molecule has 0 bridgehead atoms. The van der Waals surface area contributed by atoms with Crippen LogP contribution < -0.4 is 33.8 Å². The second-order valence-corrected chi connectivity index (χ2v) is 9.82. The van der Waals surface area contributed by atoms with Crippen molar-refractivity contribution in [1.82, 2.24) is 4.57 Å². The first kappa shape index (κ1) is 29.5. The van der Waals surface area contributed by atoms with E-state index in [1.165, 1.54) is 30.1 Å². The second-order valence-electron chi connectivity index (χ2n) is 8.82. The number of aromatic nitrogens is 1. The minimum Gasteiger partial charge on any atom is -0.502 e. The molecular formula is C30H32N2O8S. The van der Waals surface area contributed by atoms with Gasteiger partial charge in [0.25, 0.3) is 5.56 Å². The molecule has 41 heavy (non-hydrogen) atoms. The molecule has 10 nitrogen and oxygen atoms in total. The van der Waals surface area contributed by atoms with Crippen molar-refractivity contribution in [1.29, 1.82) is 0 Å². The molecule has 1 N–H and O–H groups in total. The molecule has 1 aromatic heterocycles. The van der Waals surface area contributed by atoms with Crippen molar-refractivity contribution in [2.24, 2.45) is 4.99 Å². The van der Waals surface area contributed by atoms with Gasteiger partial charge >= 0.3 is 5.97 Å². The Balaban J connectivity index is 1.95. The smallest absolute Gasteiger partial charge is 0.338 e. The van der Waals surface area contributed by atoms with Crippen molar-refractivity contribution in [3.63, 3.8) is 0 Å². The molecule has 11 heteroatoms. The number of rotatable bonds is 11. The summed E-state index contributed by atoms with van der Waals surface area (Å²) in [5.74, 6) is 0.666. The molecule has 1 unspecified atom stereocenters. The van der Waals surface area contributed by atoms with Crippen molar-refractivity contribution in [3.05, 3.63) is 85.1 Å². The van der Waals surface area contributed by atoms with Crippen LogP contribution in [0.3, 0.4) is 0 Å². The molecule has 2 heterocycles. The van der Waals surface area contributed by atoms with E-state index in [2.05, 4.69) is 11.6 Å². The minimum atomic E-state index is -0.830. The highest BCUT2D eigenvalue weighted by Crippen LogP contribution is 2.38. The largest absolute Gasteiger partial charge is 0.502 e. The first-order chi connectivity index (χ1) is 19.8. The number of fused-ring (bicyclic) bond motifs is 1. The predicted octanol–water partition coefficient (Wildman–Crippen LogP) is 3.48. The standard InChI is InChI=1S/C30H32N2O8S/c1-7-12-40-20-11-10-19(16-21(20)38-8-2)26-25(29(35)39-9-3)17(4)31-30-32(26)28(34)24(41-30)15-18-13-22(36-5)27(33)23(14-18)37-6/h7,10-11,13-16,26,33H,1,8-9,12H2,2-6H3/b24-15+. The zero-order valence-electron chi connectivity index (χ0n) is 23.6. The molecule has 0 amide bonds. The minimum absolute atomic E-state index is 0.145. The monoisotopic (exact) mass is 580 g/mol. The number of carbonyl (C=O) groups excluding carboxylic acids is 1. The number of benzene rings is 2. The number of phenolic OH excluding ortho intramolecular Hbond substituents is 1. The van der Waals surface area contributed by atoms with Gasteiger partial charge in [0.15, 0.2) is 27.8 Å². The van der Waals surface area contributed by atoms with Crippen molar-refractivity contribution < 1.29 is 33.6 Å². The number of carbonyl (C=O) groups is 1. The van der Waals surface area contributed by atoms with Crippen LogP contribution in [0.5, 0.6) is 28.7 Å². The molecule has 0 aliphatic carbocycles. The third kappa shape index (κ3) is 5.85. The van der Waals surface area contributed by atoms with E-state index in [0.717, 1.165) is 0 Å². The summed E-state index contributed by atoms with van der Waals surface area (Å²) in [7, 11) is 2.85. The Morgan fingerprint density at radius 3 is 2.39 bits per heavy atom. The summed E-state index contributed by atoms with van der Waals surface area (Å²) < 4.78 is 29.3. The number of thiazole rings is 1. The maximum Gasteiger partial charge on any atom is 0.338 e. The second kappa shape index (κ2) is 12.8. The summed E-state index contributed by atoms with van der Waals surface area (Å²) in [6.07, 6.45) is 3.29. The first-order valence-electron chi connectivity index (χ1n) is 12.9. The molecule has 216 valence electrons. The van der Waals surface area contributed by atoms with Gasteiger partial charge in [0, 0.05) is 0 Å². The Bertz CT molecular complexity index is 1660. The molecule has 2 aromatic carbocycles. The van der Waals surface area contributed by atoms with Gasteiger partial charge in [-0.15, -0.1) is 0 Å². The van der Waals surface area contributed by atoms with E-state index in [4.69, 9.17) is 23.7 Å². The molecule has 1 aliphatic heterocycles. The Morgan fingerprint density at radius 2 is 1.78 bits per heavy atom. The summed E-state index contributed by atoms with van der Waals surface area (Å²) >= 11 is 1.18. The molecule has 0 fully saturated rings. The number of aromatic hydroxyl groups is 1. The third-order valence-corrected chi connectivity index (χ3v) is 7.24. The normalized spacial score (nSPS) is 14.7. The van der Waals surface area contributed by atoms with Crippen LogP contribution in [-0.4, -0.2) is 49.7 Å². The van der Waals surface area contributed by atoms with Crippen LogP contribution in [0.25, 0.3) is 6.08 Å². The van der Waals surface area contributed by atoms with Crippen LogP contribution in [0.15, 0.2) is 64.0 Å². The average molecular weight is 581 g/mol. The van der Waals surface area contributed by atoms with Gasteiger partial charge in [0.2, 0.25) is 5.75 Å². The van der Waals surface area contributed by atoms with Gasteiger partial charge in [-0.25, -0.2) is 9.79 Å². The number of allylic oxidation sites excluding steroid dienone is 1. The zero-order chi connectivity index (χ0) is 29.7.